The lowest BCUT2D eigenvalue weighted by Gasteiger charge is -2.41. The van der Waals surface area contributed by atoms with Gasteiger partial charge >= 0.3 is 0 Å². The standard InChI is InChI=1S/C19H23NO2/c21-19(17-11-15-6-3-4-8-18(15)22-13-17)20-10-9-14-5-1-2-7-16(14)12-20/h3-4,6,8,11,14,16H,1-2,5,7,9-10,12-13H2/t14-,16+/m1/s1. The van der Waals surface area contributed by atoms with Crippen molar-refractivity contribution >= 4 is 12.0 Å². The van der Waals surface area contributed by atoms with Crippen LogP contribution in [0.25, 0.3) is 6.08 Å². The summed E-state index contributed by atoms with van der Waals surface area (Å²) in [5.74, 6) is 2.64. The van der Waals surface area contributed by atoms with Gasteiger partial charge in [0.05, 0.1) is 5.57 Å². The fourth-order valence-corrected chi connectivity index (χ4v) is 4.23. The number of carbonyl (C=O) groups excluding carboxylic acids is 1. The molecule has 1 amide bonds. The molecule has 0 N–H and O–H groups in total. The lowest BCUT2D eigenvalue weighted by molar-refractivity contribution is -0.130. The fourth-order valence-electron chi connectivity index (χ4n) is 4.23. The Morgan fingerprint density at radius 2 is 1.91 bits per heavy atom. The van der Waals surface area contributed by atoms with E-state index < -0.39 is 0 Å². The molecule has 1 saturated carbocycles. The molecule has 1 aliphatic carbocycles. The van der Waals surface area contributed by atoms with E-state index in [2.05, 4.69) is 4.90 Å². The van der Waals surface area contributed by atoms with Crippen LogP contribution in [0.4, 0.5) is 0 Å². The minimum Gasteiger partial charge on any atom is -0.488 e. The second-order valence-electron chi connectivity index (χ2n) is 6.84. The average Bonchev–Trinajstić information content (AvgIpc) is 2.60. The van der Waals surface area contributed by atoms with E-state index in [9.17, 15) is 4.79 Å². The Morgan fingerprint density at radius 3 is 2.82 bits per heavy atom. The number of amides is 1. The van der Waals surface area contributed by atoms with Crippen LogP contribution in [0.2, 0.25) is 0 Å². The zero-order valence-corrected chi connectivity index (χ0v) is 13.0. The molecule has 1 aromatic rings. The topological polar surface area (TPSA) is 29.5 Å². The van der Waals surface area contributed by atoms with Crippen molar-refractivity contribution in [2.75, 3.05) is 19.7 Å². The number of hydrogen-bond acceptors (Lipinski definition) is 2. The van der Waals surface area contributed by atoms with Crippen molar-refractivity contribution < 1.29 is 9.53 Å². The Hall–Kier alpha value is -1.77. The fraction of sp³-hybridized carbons (Fsp3) is 0.526. The molecule has 1 aromatic carbocycles. The van der Waals surface area contributed by atoms with E-state index in [1.165, 1.54) is 32.1 Å². The first-order chi connectivity index (χ1) is 10.8. The van der Waals surface area contributed by atoms with Crippen molar-refractivity contribution in [3.8, 4) is 5.75 Å². The maximum Gasteiger partial charge on any atom is 0.253 e. The lowest BCUT2D eigenvalue weighted by atomic mass is 9.75. The number of carbonyl (C=O) groups is 1. The van der Waals surface area contributed by atoms with Gasteiger partial charge in [0.25, 0.3) is 5.91 Å². The number of para-hydroxylation sites is 1. The van der Waals surface area contributed by atoms with E-state index in [1.54, 1.807) is 0 Å². The minimum atomic E-state index is 0.179. The molecular weight excluding hydrogens is 274 g/mol. The normalized spacial score (nSPS) is 27.3. The number of hydrogen-bond donors (Lipinski definition) is 0. The summed E-state index contributed by atoms with van der Waals surface area (Å²) in [5, 5.41) is 0. The molecule has 3 nitrogen and oxygen atoms in total. The van der Waals surface area contributed by atoms with Gasteiger partial charge in [0.1, 0.15) is 12.4 Å². The van der Waals surface area contributed by atoms with Gasteiger partial charge in [-0.25, -0.2) is 0 Å². The largest absolute Gasteiger partial charge is 0.488 e. The van der Waals surface area contributed by atoms with Gasteiger partial charge in [0, 0.05) is 18.7 Å². The van der Waals surface area contributed by atoms with Crippen molar-refractivity contribution in [2.45, 2.75) is 32.1 Å². The van der Waals surface area contributed by atoms with Crippen LogP contribution in [0, 0.1) is 11.8 Å². The molecule has 3 aliphatic rings. The van der Waals surface area contributed by atoms with E-state index in [4.69, 9.17) is 4.74 Å². The maximum atomic E-state index is 12.8. The number of nitrogens with zero attached hydrogens (tertiary/aromatic N) is 1. The van der Waals surface area contributed by atoms with E-state index in [0.717, 1.165) is 41.8 Å². The zero-order valence-electron chi connectivity index (χ0n) is 13.0. The Morgan fingerprint density at radius 1 is 1.09 bits per heavy atom. The SMILES string of the molecule is O=C(C1=Cc2ccccc2OC1)N1CC[C@H]2CCCC[C@H]2C1. The first-order valence-electron chi connectivity index (χ1n) is 8.53. The molecule has 0 unspecified atom stereocenters. The van der Waals surface area contributed by atoms with Crippen molar-refractivity contribution in [1.82, 2.24) is 4.90 Å². The molecule has 0 spiro atoms. The molecule has 3 heteroatoms. The van der Waals surface area contributed by atoms with Gasteiger partial charge in [-0.1, -0.05) is 37.5 Å². The minimum absolute atomic E-state index is 0.179. The molecule has 0 radical (unpaired) electrons. The third-order valence-electron chi connectivity index (χ3n) is 5.49. The van der Waals surface area contributed by atoms with Gasteiger partial charge < -0.3 is 9.64 Å². The van der Waals surface area contributed by atoms with Crippen LogP contribution in [0.3, 0.4) is 0 Å². The van der Waals surface area contributed by atoms with Gasteiger partial charge in [-0.05, 0) is 36.8 Å². The summed E-state index contributed by atoms with van der Waals surface area (Å²) in [7, 11) is 0. The summed E-state index contributed by atoms with van der Waals surface area (Å²) in [4.78, 5) is 14.9. The van der Waals surface area contributed by atoms with Crippen LogP contribution in [0.1, 0.15) is 37.7 Å². The van der Waals surface area contributed by atoms with E-state index >= 15 is 0 Å². The molecule has 2 aliphatic heterocycles. The number of rotatable bonds is 1. The molecule has 1 saturated heterocycles. The van der Waals surface area contributed by atoms with Crippen LogP contribution in [0.5, 0.6) is 5.75 Å². The Bertz CT molecular complexity index is 607. The summed E-state index contributed by atoms with van der Waals surface area (Å²) in [6.07, 6.45) is 8.57. The number of likely N-dealkylation sites (tertiary alicyclic amines) is 1. The highest BCUT2D eigenvalue weighted by molar-refractivity contribution is 5.99. The van der Waals surface area contributed by atoms with Crippen molar-refractivity contribution in [1.29, 1.82) is 0 Å². The van der Waals surface area contributed by atoms with Gasteiger partial charge in [0.15, 0.2) is 0 Å². The van der Waals surface area contributed by atoms with E-state index in [1.807, 2.05) is 30.3 Å². The van der Waals surface area contributed by atoms with Crippen molar-refractivity contribution in [3.63, 3.8) is 0 Å². The van der Waals surface area contributed by atoms with Crippen LogP contribution in [0.15, 0.2) is 29.8 Å². The molecular formula is C19H23NO2. The van der Waals surface area contributed by atoms with Crippen molar-refractivity contribution in [3.05, 3.63) is 35.4 Å². The first kappa shape index (κ1) is 13.9. The number of piperidine rings is 1. The average molecular weight is 297 g/mol. The van der Waals surface area contributed by atoms with Gasteiger partial charge in [-0.15, -0.1) is 0 Å². The summed E-state index contributed by atoms with van der Waals surface area (Å²) >= 11 is 0. The number of fused-ring (bicyclic) bond motifs is 2. The van der Waals surface area contributed by atoms with Gasteiger partial charge in [-0.2, -0.15) is 0 Å². The predicted octanol–water partition coefficient (Wildman–Crippen LogP) is 3.50. The summed E-state index contributed by atoms with van der Waals surface area (Å²) < 4.78 is 5.74. The quantitative estimate of drug-likeness (QED) is 0.794. The molecule has 2 heterocycles. The molecule has 0 aromatic heterocycles. The monoisotopic (exact) mass is 297 g/mol. The molecule has 2 fully saturated rings. The predicted molar refractivity (Wildman–Crippen MR) is 86.6 cm³/mol. The second-order valence-corrected chi connectivity index (χ2v) is 6.84. The summed E-state index contributed by atoms with van der Waals surface area (Å²) in [6.45, 7) is 2.27. The number of benzene rings is 1. The van der Waals surface area contributed by atoms with E-state index in [0.29, 0.717) is 6.61 Å². The highest BCUT2D eigenvalue weighted by Crippen LogP contribution is 2.36. The molecule has 116 valence electrons. The molecule has 4 rings (SSSR count). The Kier molecular flexibility index (Phi) is 3.65. The third kappa shape index (κ3) is 2.53. The summed E-state index contributed by atoms with van der Waals surface area (Å²) in [5.41, 5.74) is 1.82. The molecule has 22 heavy (non-hydrogen) atoms. The van der Waals surface area contributed by atoms with E-state index in [-0.39, 0.29) is 5.91 Å². The van der Waals surface area contributed by atoms with Crippen molar-refractivity contribution in [2.24, 2.45) is 11.8 Å². The highest BCUT2D eigenvalue weighted by Gasteiger charge is 2.34. The Balaban J connectivity index is 1.49. The first-order valence-corrected chi connectivity index (χ1v) is 8.53. The second kappa shape index (κ2) is 5.79. The van der Waals surface area contributed by atoms with Gasteiger partial charge in [0.2, 0.25) is 0 Å². The molecule has 0 bridgehead atoms. The smallest absolute Gasteiger partial charge is 0.253 e. The lowest BCUT2D eigenvalue weighted by Crippen LogP contribution is -2.45. The van der Waals surface area contributed by atoms with Gasteiger partial charge in [-0.3, -0.25) is 4.79 Å². The summed E-state index contributed by atoms with van der Waals surface area (Å²) in [6, 6.07) is 7.92. The van der Waals surface area contributed by atoms with Crippen LogP contribution in [-0.2, 0) is 4.79 Å². The zero-order chi connectivity index (χ0) is 14.9. The number of ether oxygens (including phenoxy) is 1. The van der Waals surface area contributed by atoms with Crippen LogP contribution < -0.4 is 4.74 Å². The van der Waals surface area contributed by atoms with Crippen LogP contribution >= 0.6 is 0 Å². The maximum absolute atomic E-state index is 12.8. The third-order valence-corrected chi connectivity index (χ3v) is 5.49. The molecule has 2 atom stereocenters. The highest BCUT2D eigenvalue weighted by atomic mass is 16.5. The Labute approximate surface area is 132 Å². The van der Waals surface area contributed by atoms with Crippen LogP contribution in [-0.4, -0.2) is 30.5 Å².